The van der Waals surface area contributed by atoms with Gasteiger partial charge in [-0.15, -0.1) is 0 Å². The molecule has 0 atom stereocenters. The van der Waals surface area contributed by atoms with E-state index in [1.807, 2.05) is 18.2 Å². The Balaban J connectivity index is 2.32. The molecule has 18 heavy (non-hydrogen) atoms. The molecule has 2 rings (SSSR count). The van der Waals surface area contributed by atoms with Gasteiger partial charge in [-0.3, -0.25) is 0 Å². The van der Waals surface area contributed by atoms with Crippen LogP contribution in [0, 0.1) is 0 Å². The third kappa shape index (κ3) is 3.07. The van der Waals surface area contributed by atoms with Crippen molar-refractivity contribution in [3.05, 3.63) is 46.7 Å². The van der Waals surface area contributed by atoms with E-state index in [2.05, 4.69) is 52.7 Å². The van der Waals surface area contributed by atoms with Crippen molar-refractivity contribution >= 4 is 15.9 Å². The largest absolute Gasteiger partial charge is 0.424 e. The molecule has 0 spiro atoms. The molecule has 1 aromatic carbocycles. The molecule has 2 aromatic rings. The van der Waals surface area contributed by atoms with Gasteiger partial charge in [0.05, 0.1) is 4.47 Å². The lowest BCUT2D eigenvalue weighted by atomic mass is 9.86. The van der Waals surface area contributed by atoms with Gasteiger partial charge in [-0.1, -0.05) is 39.0 Å². The third-order valence-electron chi connectivity index (χ3n) is 2.49. The number of aromatic nitrogens is 2. The average Bonchev–Trinajstić information content (AvgIpc) is 2.31. The van der Waals surface area contributed by atoms with E-state index < -0.39 is 0 Å². The molecule has 3 nitrogen and oxygen atoms in total. The molecular weight excluding hydrogens is 292 g/mol. The van der Waals surface area contributed by atoms with Crippen molar-refractivity contribution in [3.63, 3.8) is 0 Å². The van der Waals surface area contributed by atoms with E-state index in [9.17, 15) is 0 Å². The van der Waals surface area contributed by atoms with Crippen LogP contribution in [0.5, 0.6) is 11.8 Å². The average molecular weight is 307 g/mol. The Kier molecular flexibility index (Phi) is 3.66. The molecule has 0 saturated heterocycles. The van der Waals surface area contributed by atoms with Crippen LogP contribution in [0.3, 0.4) is 0 Å². The Morgan fingerprint density at radius 1 is 1.06 bits per heavy atom. The van der Waals surface area contributed by atoms with Crippen LogP contribution in [-0.2, 0) is 5.41 Å². The zero-order valence-electron chi connectivity index (χ0n) is 10.6. The summed E-state index contributed by atoms with van der Waals surface area (Å²) in [7, 11) is 0. The first-order chi connectivity index (χ1) is 8.47. The summed E-state index contributed by atoms with van der Waals surface area (Å²) in [6.07, 6.45) is 3.34. The fourth-order valence-corrected chi connectivity index (χ4v) is 1.83. The van der Waals surface area contributed by atoms with Gasteiger partial charge in [-0.25, -0.2) is 9.97 Å². The lowest BCUT2D eigenvalue weighted by Crippen LogP contribution is -2.12. The predicted molar refractivity (Wildman–Crippen MR) is 74.9 cm³/mol. The zero-order chi connectivity index (χ0) is 13.2. The van der Waals surface area contributed by atoms with Crippen molar-refractivity contribution in [2.24, 2.45) is 0 Å². The van der Waals surface area contributed by atoms with E-state index in [-0.39, 0.29) is 5.41 Å². The minimum atomic E-state index is 0.0198. The summed E-state index contributed by atoms with van der Waals surface area (Å²) in [6.45, 7) is 6.45. The normalized spacial score (nSPS) is 11.3. The highest BCUT2D eigenvalue weighted by molar-refractivity contribution is 9.10. The smallest absolute Gasteiger partial charge is 0.321 e. The van der Waals surface area contributed by atoms with Gasteiger partial charge in [-0.2, -0.15) is 0 Å². The molecule has 0 aliphatic carbocycles. The van der Waals surface area contributed by atoms with Gasteiger partial charge in [0.1, 0.15) is 5.75 Å². The Hall–Kier alpha value is -1.42. The van der Waals surface area contributed by atoms with Crippen LogP contribution in [0.15, 0.2) is 41.1 Å². The second-order valence-corrected chi connectivity index (χ2v) is 5.95. The van der Waals surface area contributed by atoms with Crippen LogP contribution in [0.4, 0.5) is 0 Å². The maximum Gasteiger partial charge on any atom is 0.321 e. The molecule has 4 heteroatoms. The Labute approximate surface area is 115 Å². The van der Waals surface area contributed by atoms with Crippen molar-refractivity contribution in [1.29, 1.82) is 0 Å². The summed E-state index contributed by atoms with van der Waals surface area (Å²) in [5, 5.41) is 0. The quantitative estimate of drug-likeness (QED) is 0.828. The SMILES string of the molecule is CC(C)(C)c1ccccc1Oc1ncc(Br)cn1. The molecule has 0 aliphatic heterocycles. The van der Waals surface area contributed by atoms with Gasteiger partial charge in [0.2, 0.25) is 0 Å². The number of para-hydroxylation sites is 1. The molecule has 0 fully saturated rings. The van der Waals surface area contributed by atoms with Crippen molar-refractivity contribution in [2.75, 3.05) is 0 Å². The summed E-state index contributed by atoms with van der Waals surface area (Å²) < 4.78 is 6.58. The fraction of sp³-hybridized carbons (Fsp3) is 0.286. The topological polar surface area (TPSA) is 35.0 Å². The molecular formula is C14H15BrN2O. The minimum Gasteiger partial charge on any atom is -0.424 e. The number of ether oxygens (including phenoxy) is 1. The van der Waals surface area contributed by atoms with E-state index in [1.54, 1.807) is 12.4 Å². The monoisotopic (exact) mass is 306 g/mol. The lowest BCUT2D eigenvalue weighted by molar-refractivity contribution is 0.422. The van der Waals surface area contributed by atoms with E-state index in [0.29, 0.717) is 6.01 Å². The maximum absolute atomic E-state index is 5.75. The second-order valence-electron chi connectivity index (χ2n) is 5.03. The van der Waals surface area contributed by atoms with Gasteiger partial charge < -0.3 is 4.74 Å². The standard InChI is InChI=1S/C14H15BrN2O/c1-14(2,3)11-6-4-5-7-12(11)18-13-16-8-10(15)9-17-13/h4-9H,1-3H3. The summed E-state index contributed by atoms with van der Waals surface area (Å²) in [5.74, 6) is 0.798. The summed E-state index contributed by atoms with van der Waals surface area (Å²) in [4.78, 5) is 8.23. The van der Waals surface area contributed by atoms with Crippen LogP contribution >= 0.6 is 15.9 Å². The summed E-state index contributed by atoms with van der Waals surface area (Å²) in [6, 6.07) is 8.31. The first-order valence-corrected chi connectivity index (χ1v) is 6.51. The molecule has 0 unspecified atom stereocenters. The molecule has 1 heterocycles. The molecule has 0 amide bonds. The highest BCUT2D eigenvalue weighted by Gasteiger charge is 2.19. The van der Waals surface area contributed by atoms with Crippen LogP contribution in [0.2, 0.25) is 0 Å². The molecule has 0 radical (unpaired) electrons. The van der Waals surface area contributed by atoms with E-state index in [4.69, 9.17) is 4.74 Å². The zero-order valence-corrected chi connectivity index (χ0v) is 12.2. The first-order valence-electron chi connectivity index (χ1n) is 5.72. The van der Waals surface area contributed by atoms with E-state index in [0.717, 1.165) is 15.8 Å². The van der Waals surface area contributed by atoms with Gasteiger partial charge in [0, 0.05) is 18.0 Å². The summed E-state index contributed by atoms with van der Waals surface area (Å²) >= 11 is 3.30. The predicted octanol–water partition coefficient (Wildman–Crippen LogP) is 4.33. The fourth-order valence-electron chi connectivity index (χ4n) is 1.63. The van der Waals surface area contributed by atoms with E-state index >= 15 is 0 Å². The number of halogens is 1. The van der Waals surface area contributed by atoms with Crippen molar-refractivity contribution < 1.29 is 4.74 Å². The third-order valence-corrected chi connectivity index (χ3v) is 2.90. The molecule has 0 N–H and O–H groups in total. The molecule has 0 aliphatic rings. The molecule has 94 valence electrons. The first kappa shape index (κ1) is 13.0. The summed E-state index contributed by atoms with van der Waals surface area (Å²) in [5.41, 5.74) is 1.16. The van der Waals surface area contributed by atoms with Gasteiger partial charge in [0.15, 0.2) is 0 Å². The molecule has 0 bridgehead atoms. The Morgan fingerprint density at radius 2 is 1.67 bits per heavy atom. The minimum absolute atomic E-state index is 0.0198. The maximum atomic E-state index is 5.75. The number of rotatable bonds is 2. The van der Waals surface area contributed by atoms with Crippen LogP contribution in [0.1, 0.15) is 26.3 Å². The van der Waals surface area contributed by atoms with Crippen LogP contribution in [0.25, 0.3) is 0 Å². The number of hydrogen-bond acceptors (Lipinski definition) is 3. The second kappa shape index (κ2) is 5.06. The van der Waals surface area contributed by atoms with Gasteiger partial charge in [-0.05, 0) is 27.4 Å². The van der Waals surface area contributed by atoms with Crippen molar-refractivity contribution in [3.8, 4) is 11.8 Å². The van der Waals surface area contributed by atoms with Gasteiger partial charge >= 0.3 is 6.01 Å². The molecule has 0 saturated carbocycles. The Bertz CT molecular complexity index is 532. The molecule has 1 aromatic heterocycles. The number of hydrogen-bond donors (Lipinski definition) is 0. The van der Waals surface area contributed by atoms with Crippen molar-refractivity contribution in [1.82, 2.24) is 9.97 Å². The Morgan fingerprint density at radius 3 is 2.28 bits per heavy atom. The van der Waals surface area contributed by atoms with E-state index in [1.165, 1.54) is 0 Å². The van der Waals surface area contributed by atoms with Crippen LogP contribution in [-0.4, -0.2) is 9.97 Å². The number of benzene rings is 1. The highest BCUT2D eigenvalue weighted by atomic mass is 79.9. The lowest BCUT2D eigenvalue weighted by Gasteiger charge is -2.21. The number of nitrogens with zero attached hydrogens (tertiary/aromatic N) is 2. The van der Waals surface area contributed by atoms with Gasteiger partial charge in [0.25, 0.3) is 0 Å². The highest BCUT2D eigenvalue weighted by Crippen LogP contribution is 2.32. The van der Waals surface area contributed by atoms with Crippen LogP contribution < -0.4 is 4.74 Å². The van der Waals surface area contributed by atoms with Crippen molar-refractivity contribution in [2.45, 2.75) is 26.2 Å².